The lowest BCUT2D eigenvalue weighted by molar-refractivity contribution is 0.100. The molecule has 0 fully saturated rings. The molecule has 108 valence electrons. The van der Waals surface area contributed by atoms with Crippen LogP contribution in [0.5, 0.6) is 0 Å². The average molecular weight is 313 g/mol. The van der Waals surface area contributed by atoms with Crippen LogP contribution in [-0.4, -0.2) is 21.4 Å². The third-order valence-electron chi connectivity index (χ3n) is 3.30. The monoisotopic (exact) mass is 313 g/mol. The van der Waals surface area contributed by atoms with Crippen LogP contribution in [0.15, 0.2) is 24.3 Å². The molecule has 5 nitrogen and oxygen atoms in total. The fourth-order valence-corrected chi connectivity index (χ4v) is 3.62. The molecule has 1 aromatic carbocycles. The van der Waals surface area contributed by atoms with Crippen LogP contribution < -0.4 is 5.73 Å². The molecular weight excluding hydrogens is 298 g/mol. The lowest BCUT2D eigenvalue weighted by Gasteiger charge is -2.23. The van der Waals surface area contributed by atoms with Gasteiger partial charge in [0.2, 0.25) is 0 Å². The SMILES string of the molecule is COS(=O)(=O)C(C)(C)c1ccc2sc(C(N)=O)cc2c1. The minimum absolute atomic E-state index is 0.449. The van der Waals surface area contributed by atoms with Crippen LogP contribution in [0.4, 0.5) is 0 Å². The number of hydrogen-bond acceptors (Lipinski definition) is 5. The van der Waals surface area contributed by atoms with Crippen molar-refractivity contribution in [1.82, 2.24) is 0 Å². The second-order valence-electron chi connectivity index (χ2n) is 4.86. The van der Waals surface area contributed by atoms with Crippen molar-refractivity contribution in [2.75, 3.05) is 7.11 Å². The molecule has 1 aromatic heterocycles. The first-order valence-corrected chi connectivity index (χ1v) is 8.05. The summed E-state index contributed by atoms with van der Waals surface area (Å²) in [5, 5.41) is 0.792. The summed E-state index contributed by atoms with van der Waals surface area (Å²) < 4.78 is 28.3. The van der Waals surface area contributed by atoms with Crippen LogP contribution in [0.3, 0.4) is 0 Å². The molecule has 0 saturated carbocycles. The van der Waals surface area contributed by atoms with Gasteiger partial charge in [0.05, 0.1) is 12.0 Å². The maximum atomic E-state index is 12.0. The van der Waals surface area contributed by atoms with Gasteiger partial charge in [-0.1, -0.05) is 6.07 Å². The van der Waals surface area contributed by atoms with E-state index in [2.05, 4.69) is 4.18 Å². The van der Waals surface area contributed by atoms with Gasteiger partial charge in [0.25, 0.3) is 16.0 Å². The molecule has 7 heteroatoms. The van der Waals surface area contributed by atoms with Crippen molar-refractivity contribution in [3.63, 3.8) is 0 Å². The highest BCUT2D eigenvalue weighted by Gasteiger charge is 2.36. The Kier molecular flexibility index (Phi) is 3.62. The summed E-state index contributed by atoms with van der Waals surface area (Å²) in [6, 6.07) is 6.92. The summed E-state index contributed by atoms with van der Waals surface area (Å²) >= 11 is 1.28. The molecule has 2 aromatic rings. The van der Waals surface area contributed by atoms with Crippen LogP contribution in [-0.2, 0) is 19.0 Å². The third kappa shape index (κ3) is 2.32. The molecule has 0 aliphatic carbocycles. The maximum absolute atomic E-state index is 12.0. The zero-order valence-corrected chi connectivity index (χ0v) is 13.0. The first kappa shape index (κ1) is 15.0. The van der Waals surface area contributed by atoms with Crippen LogP contribution in [0, 0.1) is 0 Å². The quantitative estimate of drug-likeness (QED) is 0.877. The largest absolute Gasteiger partial charge is 0.365 e. The molecule has 0 bridgehead atoms. The van der Waals surface area contributed by atoms with Gasteiger partial charge in [0.1, 0.15) is 4.75 Å². The van der Waals surface area contributed by atoms with E-state index < -0.39 is 20.8 Å². The highest BCUT2D eigenvalue weighted by molar-refractivity contribution is 7.87. The number of fused-ring (bicyclic) bond motifs is 1. The first-order chi connectivity index (χ1) is 9.19. The number of hydrogen-bond donors (Lipinski definition) is 1. The van der Waals surface area contributed by atoms with Gasteiger partial charge in [0, 0.05) is 4.70 Å². The molecular formula is C13H15NO4S2. The van der Waals surface area contributed by atoms with Crippen molar-refractivity contribution in [1.29, 1.82) is 0 Å². The van der Waals surface area contributed by atoms with E-state index in [4.69, 9.17) is 5.73 Å². The zero-order valence-electron chi connectivity index (χ0n) is 11.3. The first-order valence-electron chi connectivity index (χ1n) is 5.83. The Bertz CT molecular complexity index is 775. The number of amides is 1. The molecule has 0 spiro atoms. The van der Waals surface area contributed by atoms with Crippen molar-refractivity contribution in [3.8, 4) is 0 Å². The van der Waals surface area contributed by atoms with Gasteiger partial charge in [-0.15, -0.1) is 11.3 Å². The van der Waals surface area contributed by atoms with Gasteiger partial charge in [-0.3, -0.25) is 8.98 Å². The zero-order chi connectivity index (χ0) is 15.1. The van der Waals surface area contributed by atoms with Crippen LogP contribution >= 0.6 is 11.3 Å². The van der Waals surface area contributed by atoms with E-state index in [1.54, 1.807) is 38.1 Å². The minimum Gasteiger partial charge on any atom is -0.365 e. The summed E-state index contributed by atoms with van der Waals surface area (Å²) in [5.41, 5.74) is 5.85. The number of primary amides is 1. The predicted octanol–water partition coefficient (Wildman–Crippen LogP) is 2.21. The number of nitrogens with two attached hydrogens (primary N) is 1. The topological polar surface area (TPSA) is 86.5 Å². The van der Waals surface area contributed by atoms with Crippen molar-refractivity contribution >= 4 is 37.4 Å². The Morgan fingerprint density at radius 2 is 1.95 bits per heavy atom. The molecule has 20 heavy (non-hydrogen) atoms. The summed E-state index contributed by atoms with van der Waals surface area (Å²) in [7, 11) is -2.57. The molecule has 0 unspecified atom stereocenters. The molecule has 0 saturated heterocycles. The fraction of sp³-hybridized carbons (Fsp3) is 0.308. The van der Waals surface area contributed by atoms with Crippen molar-refractivity contribution in [2.45, 2.75) is 18.6 Å². The van der Waals surface area contributed by atoms with E-state index in [1.165, 1.54) is 11.3 Å². The predicted molar refractivity (Wildman–Crippen MR) is 79.3 cm³/mol. The van der Waals surface area contributed by atoms with E-state index in [0.29, 0.717) is 10.4 Å². The third-order valence-corrected chi connectivity index (χ3v) is 6.35. The van der Waals surface area contributed by atoms with E-state index in [1.807, 2.05) is 0 Å². The Balaban J connectivity index is 2.59. The van der Waals surface area contributed by atoms with Crippen LogP contribution in [0.1, 0.15) is 29.1 Å². The van der Waals surface area contributed by atoms with E-state index in [0.717, 1.165) is 17.2 Å². The number of rotatable bonds is 4. The Morgan fingerprint density at radius 1 is 1.30 bits per heavy atom. The molecule has 0 radical (unpaired) electrons. The standard InChI is InChI=1S/C13H15NO4S2/c1-13(2,20(16,17)18-3)9-4-5-10-8(6-9)7-11(19-10)12(14)15/h4-7H,1-3H3,(H2,14,15). The molecule has 1 heterocycles. The number of benzene rings is 1. The number of carbonyl (C=O) groups is 1. The number of thiophene rings is 1. The van der Waals surface area contributed by atoms with Crippen molar-refractivity contribution < 1.29 is 17.4 Å². The van der Waals surface area contributed by atoms with Gasteiger partial charge >= 0.3 is 0 Å². The second-order valence-corrected chi connectivity index (χ2v) is 8.20. The molecule has 0 atom stereocenters. The normalized spacial score (nSPS) is 12.8. The molecule has 0 aliphatic rings. The van der Waals surface area contributed by atoms with Crippen LogP contribution in [0.25, 0.3) is 10.1 Å². The van der Waals surface area contributed by atoms with Crippen molar-refractivity contribution in [3.05, 3.63) is 34.7 Å². The fourth-order valence-electron chi connectivity index (χ4n) is 1.89. The second kappa shape index (κ2) is 4.83. The lowest BCUT2D eigenvalue weighted by Crippen LogP contribution is -2.30. The highest BCUT2D eigenvalue weighted by Crippen LogP contribution is 2.34. The van der Waals surface area contributed by atoms with E-state index in [-0.39, 0.29) is 0 Å². The lowest BCUT2D eigenvalue weighted by atomic mass is 10.0. The Morgan fingerprint density at radius 3 is 2.50 bits per heavy atom. The molecule has 2 rings (SSSR count). The van der Waals surface area contributed by atoms with Crippen molar-refractivity contribution in [2.24, 2.45) is 5.73 Å². The van der Waals surface area contributed by atoms with Gasteiger partial charge in [-0.25, -0.2) is 0 Å². The summed E-state index contributed by atoms with van der Waals surface area (Å²) in [5.74, 6) is -0.489. The van der Waals surface area contributed by atoms with E-state index in [9.17, 15) is 13.2 Å². The molecule has 0 aliphatic heterocycles. The maximum Gasteiger partial charge on any atom is 0.276 e. The van der Waals surface area contributed by atoms with Gasteiger partial charge in [-0.2, -0.15) is 8.42 Å². The van der Waals surface area contributed by atoms with Gasteiger partial charge in [-0.05, 0) is 43.0 Å². The summed E-state index contributed by atoms with van der Waals surface area (Å²) in [6.45, 7) is 3.16. The average Bonchev–Trinajstić information content (AvgIpc) is 2.81. The highest BCUT2D eigenvalue weighted by atomic mass is 32.2. The van der Waals surface area contributed by atoms with Gasteiger partial charge < -0.3 is 5.73 Å². The summed E-state index contributed by atoms with van der Waals surface area (Å²) in [6.07, 6.45) is 0. The van der Waals surface area contributed by atoms with Crippen LogP contribution in [0.2, 0.25) is 0 Å². The minimum atomic E-state index is -3.72. The Labute approximate surface area is 121 Å². The smallest absolute Gasteiger partial charge is 0.276 e. The van der Waals surface area contributed by atoms with E-state index >= 15 is 0 Å². The molecule has 2 N–H and O–H groups in total. The van der Waals surface area contributed by atoms with Gasteiger partial charge in [0.15, 0.2) is 0 Å². The number of carbonyl (C=O) groups excluding carboxylic acids is 1. The Hall–Kier alpha value is -1.44. The molecule has 1 amide bonds. The summed E-state index contributed by atoms with van der Waals surface area (Å²) in [4.78, 5) is 11.6.